The predicted octanol–water partition coefficient (Wildman–Crippen LogP) is 0.417. The normalized spacial score (nSPS) is 26.3. The second-order valence-corrected chi connectivity index (χ2v) is 9.38. The van der Waals surface area contributed by atoms with Crippen LogP contribution < -0.4 is 0 Å². The van der Waals surface area contributed by atoms with Crippen LogP contribution in [0, 0.1) is 0 Å². The van der Waals surface area contributed by atoms with E-state index in [1.807, 2.05) is 0 Å². The van der Waals surface area contributed by atoms with E-state index in [0.29, 0.717) is 43.9 Å². The first-order valence-corrected chi connectivity index (χ1v) is 11.7. The van der Waals surface area contributed by atoms with Gasteiger partial charge in [0, 0.05) is 41.0 Å². The number of H-pyrrole nitrogens is 1. The Labute approximate surface area is 207 Å². The highest BCUT2D eigenvalue weighted by Gasteiger charge is 2.47. The van der Waals surface area contributed by atoms with Crippen LogP contribution in [-0.2, 0) is 4.74 Å². The Morgan fingerprint density at radius 3 is 2.35 bits per heavy atom. The van der Waals surface area contributed by atoms with Crippen LogP contribution in [0.2, 0.25) is 0 Å². The maximum absolute atomic E-state index is 13.5. The first-order chi connectivity index (χ1) is 17.8. The molecule has 0 saturated carbocycles. The number of imide groups is 1. The highest BCUT2D eigenvalue weighted by molar-refractivity contribution is 6.38. The maximum Gasteiger partial charge on any atom is 0.262 e. The molecule has 5 N–H and O–H groups in total. The Kier molecular flexibility index (Phi) is 4.54. The van der Waals surface area contributed by atoms with E-state index in [1.54, 1.807) is 35.0 Å². The fourth-order valence-electron chi connectivity index (χ4n) is 5.74. The van der Waals surface area contributed by atoms with E-state index in [0.717, 1.165) is 4.90 Å². The number of nitrogens with zero attached hydrogens (tertiary/aromatic N) is 4. The molecule has 0 bridgehead atoms. The molecule has 0 spiro atoms. The molecule has 37 heavy (non-hydrogen) atoms. The highest BCUT2D eigenvalue weighted by Crippen LogP contribution is 2.46. The van der Waals surface area contributed by atoms with E-state index < -0.39 is 49.1 Å². The average Bonchev–Trinajstić information content (AvgIpc) is 3.53. The third-order valence-electron chi connectivity index (χ3n) is 7.48. The van der Waals surface area contributed by atoms with Crippen molar-refractivity contribution in [1.29, 1.82) is 0 Å². The Morgan fingerprint density at radius 1 is 0.946 bits per heavy atom. The molecule has 0 unspecified atom stereocenters. The molecule has 1 saturated heterocycles. The van der Waals surface area contributed by atoms with Gasteiger partial charge in [0.05, 0.1) is 28.8 Å². The molecule has 0 aliphatic carbocycles. The maximum atomic E-state index is 13.5. The first kappa shape index (κ1) is 22.3. The van der Waals surface area contributed by atoms with Crippen molar-refractivity contribution in [3.63, 3.8) is 0 Å². The second kappa shape index (κ2) is 7.54. The van der Waals surface area contributed by atoms with Crippen molar-refractivity contribution in [2.24, 2.45) is 0 Å². The van der Waals surface area contributed by atoms with E-state index in [9.17, 15) is 30.0 Å². The summed E-state index contributed by atoms with van der Waals surface area (Å²) in [6.45, 7) is -0.606. The van der Waals surface area contributed by atoms with Crippen molar-refractivity contribution >= 4 is 55.7 Å². The molecule has 2 amide bonds. The minimum absolute atomic E-state index is 0.195. The number of aromatic nitrogens is 4. The third kappa shape index (κ3) is 2.68. The van der Waals surface area contributed by atoms with Crippen LogP contribution in [0.4, 0.5) is 0 Å². The lowest BCUT2D eigenvalue weighted by Crippen LogP contribution is -2.56. The average molecular weight is 503 g/mol. The van der Waals surface area contributed by atoms with Gasteiger partial charge in [0.25, 0.3) is 11.8 Å². The van der Waals surface area contributed by atoms with Crippen molar-refractivity contribution < 1.29 is 34.8 Å². The van der Waals surface area contributed by atoms with Crippen molar-refractivity contribution in [2.45, 2.75) is 30.6 Å². The van der Waals surface area contributed by atoms with Gasteiger partial charge in [-0.05, 0) is 24.3 Å². The smallest absolute Gasteiger partial charge is 0.262 e. The lowest BCUT2D eigenvalue weighted by Gasteiger charge is -2.40. The number of amides is 2. The summed E-state index contributed by atoms with van der Waals surface area (Å²) in [5, 5.41) is 43.8. The van der Waals surface area contributed by atoms with Gasteiger partial charge >= 0.3 is 0 Å². The zero-order valence-electron chi connectivity index (χ0n) is 19.4. The minimum Gasteiger partial charge on any atom is -0.394 e. The Hall–Kier alpha value is -3.94. The van der Waals surface area contributed by atoms with Crippen LogP contribution in [0.5, 0.6) is 0 Å². The number of fused-ring (bicyclic) bond motifs is 10. The molecule has 1 aromatic carbocycles. The number of rotatable bonds is 2. The van der Waals surface area contributed by atoms with Crippen LogP contribution in [0.25, 0.3) is 43.9 Å². The second-order valence-electron chi connectivity index (χ2n) is 9.38. The van der Waals surface area contributed by atoms with E-state index >= 15 is 0 Å². The Bertz CT molecular complexity index is 1790. The summed E-state index contributed by atoms with van der Waals surface area (Å²) in [6, 6.07) is 6.95. The number of ether oxygens (including phenoxy) is 1. The van der Waals surface area contributed by atoms with Gasteiger partial charge in [0.2, 0.25) is 0 Å². The minimum atomic E-state index is -1.63. The number of nitrogens with one attached hydrogen (secondary N) is 1. The van der Waals surface area contributed by atoms with Crippen molar-refractivity contribution in [3.8, 4) is 0 Å². The SMILES string of the molecule is CN1C(=O)c2c(c3c4cccnc4n([C@@H]4O[C@H](CO)[C@@H](O)[C@H](O)[C@H]4O)c3c3[nH]c4ncccc4c23)C1=O. The fraction of sp³-hybridized carbons (Fsp3) is 0.280. The molecular weight excluding hydrogens is 482 g/mol. The molecule has 6 heterocycles. The fourth-order valence-corrected chi connectivity index (χ4v) is 5.74. The number of hydrogen-bond donors (Lipinski definition) is 5. The summed E-state index contributed by atoms with van der Waals surface area (Å²) in [6.07, 6.45) is -4.11. The molecule has 12 nitrogen and oxygen atoms in total. The zero-order valence-corrected chi connectivity index (χ0v) is 19.4. The Balaban J connectivity index is 1.71. The van der Waals surface area contributed by atoms with Gasteiger partial charge in [-0.25, -0.2) is 9.97 Å². The van der Waals surface area contributed by atoms with Crippen LogP contribution in [0.1, 0.15) is 26.9 Å². The largest absolute Gasteiger partial charge is 0.394 e. The lowest BCUT2D eigenvalue weighted by molar-refractivity contribution is -0.249. The molecule has 12 heteroatoms. The number of hydrogen-bond acceptors (Lipinski definition) is 9. The van der Waals surface area contributed by atoms with Crippen molar-refractivity contribution in [1.82, 2.24) is 24.4 Å². The molecule has 1 fully saturated rings. The van der Waals surface area contributed by atoms with Gasteiger partial charge in [-0.1, -0.05) is 0 Å². The van der Waals surface area contributed by atoms with E-state index in [-0.39, 0.29) is 11.1 Å². The number of benzene rings is 1. The van der Waals surface area contributed by atoms with Crippen molar-refractivity contribution in [3.05, 3.63) is 47.8 Å². The summed E-state index contributed by atoms with van der Waals surface area (Å²) in [5.41, 5.74) is 2.11. The number of aliphatic hydroxyl groups is 4. The number of aliphatic hydroxyl groups excluding tert-OH is 4. The molecule has 5 aromatic rings. The molecule has 188 valence electrons. The zero-order chi connectivity index (χ0) is 25.7. The molecule has 2 aliphatic rings. The molecule has 4 aromatic heterocycles. The van der Waals surface area contributed by atoms with E-state index in [2.05, 4.69) is 15.0 Å². The van der Waals surface area contributed by atoms with Crippen molar-refractivity contribution in [2.75, 3.05) is 13.7 Å². The van der Waals surface area contributed by atoms with Gasteiger partial charge in [-0.3, -0.25) is 19.1 Å². The third-order valence-corrected chi connectivity index (χ3v) is 7.48. The summed E-state index contributed by atoms with van der Waals surface area (Å²) >= 11 is 0. The van der Waals surface area contributed by atoms with Crippen LogP contribution >= 0.6 is 0 Å². The Morgan fingerprint density at radius 2 is 1.62 bits per heavy atom. The molecule has 5 atom stereocenters. The summed E-state index contributed by atoms with van der Waals surface area (Å²) < 4.78 is 7.47. The standard InChI is InChI=1S/C25H21N5O7/c1-29-23(35)14-12-9-4-2-6-26-21(9)28-16(12)17-13(15(14)24(29)36)10-5-3-7-27-22(10)30(17)25-20(34)19(33)18(32)11(8-31)37-25/h2-7,11,18-20,25,31-34H,8H2,1H3,(H,26,28)/t11-,18-,19+,20-,25-/m1/s1. The molecule has 0 radical (unpaired) electrons. The van der Waals surface area contributed by atoms with Crippen LogP contribution in [0.15, 0.2) is 36.7 Å². The van der Waals surface area contributed by atoms with Gasteiger partial charge in [0.15, 0.2) is 6.23 Å². The quantitative estimate of drug-likeness (QED) is 0.214. The van der Waals surface area contributed by atoms with Crippen LogP contribution in [-0.4, -0.2) is 94.7 Å². The summed E-state index contributed by atoms with van der Waals surface area (Å²) in [4.78, 5) is 40.0. The van der Waals surface area contributed by atoms with E-state index in [1.165, 1.54) is 13.2 Å². The van der Waals surface area contributed by atoms with Gasteiger partial charge < -0.3 is 30.1 Å². The number of carbonyl (C=O) groups is 2. The first-order valence-electron chi connectivity index (χ1n) is 11.7. The summed E-state index contributed by atoms with van der Waals surface area (Å²) in [5.74, 6) is -0.934. The predicted molar refractivity (Wildman–Crippen MR) is 130 cm³/mol. The number of carbonyl (C=O) groups excluding carboxylic acids is 2. The van der Waals surface area contributed by atoms with Gasteiger partial charge in [0.1, 0.15) is 35.7 Å². The highest BCUT2D eigenvalue weighted by atomic mass is 16.6. The molecular formula is C25H21N5O7. The van der Waals surface area contributed by atoms with Gasteiger partial charge in [-0.2, -0.15) is 0 Å². The van der Waals surface area contributed by atoms with E-state index in [4.69, 9.17) is 4.74 Å². The molecule has 7 rings (SSSR count). The topological polar surface area (TPSA) is 174 Å². The van der Waals surface area contributed by atoms with Crippen LogP contribution in [0.3, 0.4) is 0 Å². The monoisotopic (exact) mass is 503 g/mol. The summed E-state index contributed by atoms with van der Waals surface area (Å²) in [7, 11) is 1.42. The number of pyridine rings is 2. The lowest BCUT2D eigenvalue weighted by atomic mass is 9.96. The van der Waals surface area contributed by atoms with Gasteiger partial charge in [-0.15, -0.1) is 0 Å². The molecule has 2 aliphatic heterocycles. The number of aromatic amines is 1.